The van der Waals surface area contributed by atoms with Crippen molar-refractivity contribution >= 4 is 0 Å². The zero-order valence-corrected chi connectivity index (χ0v) is 16.2. The monoisotopic (exact) mass is 344 g/mol. The molecule has 2 heterocycles. The predicted octanol–water partition coefficient (Wildman–Crippen LogP) is 3.34. The van der Waals surface area contributed by atoms with Crippen LogP contribution in [0.5, 0.6) is 0 Å². The molecule has 0 amide bonds. The van der Waals surface area contributed by atoms with E-state index in [1.54, 1.807) is 0 Å². The molecule has 2 aliphatic heterocycles. The Bertz CT molecular complexity index is 378. The van der Waals surface area contributed by atoms with Crippen LogP contribution < -0.4 is 0 Å². The van der Waals surface area contributed by atoms with Gasteiger partial charge in [0.15, 0.2) is 12.6 Å². The summed E-state index contributed by atoms with van der Waals surface area (Å²) >= 11 is 0. The first-order valence-electron chi connectivity index (χ1n) is 9.42. The van der Waals surface area contributed by atoms with Crippen molar-refractivity contribution in [2.75, 3.05) is 13.2 Å². The summed E-state index contributed by atoms with van der Waals surface area (Å²) in [5.41, 5.74) is -0.0169. The summed E-state index contributed by atoms with van der Waals surface area (Å²) in [6.45, 7) is 13.7. The van der Waals surface area contributed by atoms with Gasteiger partial charge in [-0.15, -0.1) is 0 Å². The molecular formula is C19H36O5. The zero-order chi connectivity index (χ0) is 17.9. The lowest BCUT2D eigenvalue weighted by atomic mass is 9.85. The van der Waals surface area contributed by atoms with Crippen molar-refractivity contribution in [1.82, 2.24) is 0 Å². The number of ether oxygens (including phenoxy) is 4. The summed E-state index contributed by atoms with van der Waals surface area (Å²) < 4.78 is 23.9. The number of aliphatic hydroxyl groups is 1. The Kier molecular flexibility index (Phi) is 7.09. The number of rotatable bonds is 5. The summed E-state index contributed by atoms with van der Waals surface area (Å²) in [7, 11) is 0. The van der Waals surface area contributed by atoms with Crippen molar-refractivity contribution < 1.29 is 24.1 Å². The fourth-order valence-electron chi connectivity index (χ4n) is 3.70. The van der Waals surface area contributed by atoms with Gasteiger partial charge in [-0.3, -0.25) is 0 Å². The molecule has 0 aliphatic carbocycles. The summed E-state index contributed by atoms with van der Waals surface area (Å²) in [6.07, 6.45) is 2.16. The minimum absolute atomic E-state index is 0.0169. The molecule has 0 radical (unpaired) electrons. The smallest absolute Gasteiger partial charge is 0.162 e. The third kappa shape index (κ3) is 5.40. The van der Waals surface area contributed by atoms with Gasteiger partial charge in [-0.25, -0.2) is 0 Å². The molecule has 5 nitrogen and oxygen atoms in total. The Labute approximate surface area is 147 Å². The molecule has 0 aromatic rings. The Hall–Kier alpha value is -0.200. The molecule has 0 saturated carbocycles. The van der Waals surface area contributed by atoms with Crippen molar-refractivity contribution in [1.29, 1.82) is 0 Å². The normalized spacial score (nSPS) is 39.6. The van der Waals surface area contributed by atoms with Gasteiger partial charge in [0, 0.05) is 17.3 Å². The van der Waals surface area contributed by atoms with Gasteiger partial charge in [0.1, 0.15) is 0 Å². The van der Waals surface area contributed by atoms with Crippen LogP contribution in [0.1, 0.15) is 60.8 Å². The van der Waals surface area contributed by atoms with E-state index in [9.17, 15) is 5.11 Å². The van der Waals surface area contributed by atoms with E-state index in [1.807, 2.05) is 13.8 Å². The average molecular weight is 344 g/mol. The highest BCUT2D eigenvalue weighted by atomic mass is 16.7. The first-order valence-corrected chi connectivity index (χ1v) is 9.42. The van der Waals surface area contributed by atoms with Gasteiger partial charge < -0.3 is 24.1 Å². The Morgan fingerprint density at radius 1 is 1.04 bits per heavy atom. The molecule has 7 atom stereocenters. The van der Waals surface area contributed by atoms with E-state index < -0.39 is 0 Å². The molecule has 0 spiro atoms. The molecule has 24 heavy (non-hydrogen) atoms. The van der Waals surface area contributed by atoms with E-state index in [2.05, 4.69) is 27.7 Å². The Morgan fingerprint density at radius 3 is 2.29 bits per heavy atom. The highest BCUT2D eigenvalue weighted by molar-refractivity contribution is 4.84. The fraction of sp³-hybridized carbons (Fsp3) is 1.00. The largest absolute Gasteiger partial charge is 0.393 e. The molecule has 0 bridgehead atoms. The lowest BCUT2D eigenvalue weighted by Crippen LogP contribution is -2.48. The van der Waals surface area contributed by atoms with Crippen LogP contribution in [0.15, 0.2) is 0 Å². The molecule has 5 heteroatoms. The van der Waals surface area contributed by atoms with E-state index in [4.69, 9.17) is 18.9 Å². The maximum atomic E-state index is 9.76. The van der Waals surface area contributed by atoms with Gasteiger partial charge in [0.2, 0.25) is 0 Å². The van der Waals surface area contributed by atoms with Crippen LogP contribution >= 0.6 is 0 Å². The third-order valence-corrected chi connectivity index (χ3v) is 5.01. The topological polar surface area (TPSA) is 57.2 Å². The van der Waals surface area contributed by atoms with E-state index in [1.165, 1.54) is 0 Å². The molecule has 2 rings (SSSR count). The Morgan fingerprint density at radius 2 is 1.71 bits per heavy atom. The van der Waals surface area contributed by atoms with Gasteiger partial charge in [0.25, 0.3) is 0 Å². The standard InChI is InChI=1S/C19H36O5/c1-7-16-15(11-22-18(24-16)19(4,5)6)9-17-14(8-12(2)20)10-21-13(3)23-17/h12-18,20H,7-11H2,1-6H3. The number of hydrogen-bond acceptors (Lipinski definition) is 5. The molecule has 0 aromatic carbocycles. The van der Waals surface area contributed by atoms with Crippen LogP contribution in [-0.4, -0.2) is 49.2 Å². The van der Waals surface area contributed by atoms with Crippen LogP contribution in [0, 0.1) is 17.3 Å². The van der Waals surface area contributed by atoms with Gasteiger partial charge in [-0.05, 0) is 33.1 Å². The van der Waals surface area contributed by atoms with E-state index in [-0.39, 0.29) is 42.2 Å². The van der Waals surface area contributed by atoms with E-state index in [0.717, 1.165) is 12.8 Å². The first-order chi connectivity index (χ1) is 11.2. The van der Waals surface area contributed by atoms with Crippen molar-refractivity contribution in [2.24, 2.45) is 17.3 Å². The molecule has 2 aliphatic rings. The Balaban J connectivity index is 1.99. The summed E-state index contributed by atoms with van der Waals surface area (Å²) in [4.78, 5) is 0. The lowest BCUT2D eigenvalue weighted by molar-refractivity contribution is -0.285. The summed E-state index contributed by atoms with van der Waals surface area (Å²) in [5.74, 6) is 0.541. The molecule has 0 aromatic heterocycles. The van der Waals surface area contributed by atoms with Gasteiger partial charge in [0.05, 0.1) is 31.5 Å². The average Bonchev–Trinajstić information content (AvgIpc) is 2.49. The van der Waals surface area contributed by atoms with Crippen molar-refractivity contribution in [3.8, 4) is 0 Å². The maximum absolute atomic E-state index is 9.76. The summed E-state index contributed by atoms with van der Waals surface area (Å²) in [6, 6.07) is 0. The second kappa shape index (κ2) is 8.45. The maximum Gasteiger partial charge on any atom is 0.162 e. The lowest BCUT2D eigenvalue weighted by Gasteiger charge is -2.44. The third-order valence-electron chi connectivity index (χ3n) is 5.01. The molecular weight excluding hydrogens is 308 g/mol. The second-order valence-corrected chi connectivity index (χ2v) is 8.53. The highest BCUT2D eigenvalue weighted by Crippen LogP contribution is 2.36. The fourth-order valence-corrected chi connectivity index (χ4v) is 3.70. The zero-order valence-electron chi connectivity index (χ0n) is 16.2. The van der Waals surface area contributed by atoms with E-state index in [0.29, 0.717) is 25.6 Å². The SMILES string of the molecule is CCC1OC(C(C)(C)C)OCC1CC1OC(C)OCC1CC(C)O. The van der Waals surface area contributed by atoms with E-state index >= 15 is 0 Å². The van der Waals surface area contributed by atoms with Gasteiger partial charge >= 0.3 is 0 Å². The number of aliphatic hydroxyl groups excluding tert-OH is 1. The second-order valence-electron chi connectivity index (χ2n) is 8.53. The molecule has 1 N–H and O–H groups in total. The minimum Gasteiger partial charge on any atom is -0.393 e. The van der Waals surface area contributed by atoms with Crippen molar-refractivity contribution in [2.45, 2.75) is 91.7 Å². The van der Waals surface area contributed by atoms with Crippen LogP contribution in [0.4, 0.5) is 0 Å². The van der Waals surface area contributed by atoms with Crippen LogP contribution in [-0.2, 0) is 18.9 Å². The van der Waals surface area contributed by atoms with Crippen LogP contribution in [0.25, 0.3) is 0 Å². The van der Waals surface area contributed by atoms with Crippen LogP contribution in [0.3, 0.4) is 0 Å². The molecule has 2 saturated heterocycles. The van der Waals surface area contributed by atoms with Gasteiger partial charge in [-0.2, -0.15) is 0 Å². The first kappa shape index (κ1) is 20.1. The predicted molar refractivity (Wildman–Crippen MR) is 92.5 cm³/mol. The van der Waals surface area contributed by atoms with Crippen molar-refractivity contribution in [3.63, 3.8) is 0 Å². The molecule has 7 unspecified atom stereocenters. The summed E-state index contributed by atoms with van der Waals surface area (Å²) in [5, 5.41) is 9.76. The quantitative estimate of drug-likeness (QED) is 0.829. The van der Waals surface area contributed by atoms with Gasteiger partial charge in [-0.1, -0.05) is 27.7 Å². The van der Waals surface area contributed by atoms with Crippen LogP contribution in [0.2, 0.25) is 0 Å². The minimum atomic E-state index is -0.343. The highest BCUT2D eigenvalue weighted by Gasteiger charge is 2.40. The molecule has 142 valence electrons. The molecule has 2 fully saturated rings. The number of hydrogen-bond donors (Lipinski definition) is 1. The van der Waals surface area contributed by atoms with Crippen molar-refractivity contribution in [3.05, 3.63) is 0 Å².